The van der Waals surface area contributed by atoms with E-state index in [9.17, 15) is 57.8 Å². The molecule has 2 aromatic carbocycles. The van der Waals surface area contributed by atoms with E-state index in [1.54, 1.807) is 6.92 Å². The molecule has 0 spiro atoms. The van der Waals surface area contributed by atoms with Gasteiger partial charge in [-0.15, -0.1) is 12.4 Å². The van der Waals surface area contributed by atoms with Crippen molar-refractivity contribution in [2.45, 2.75) is 77.1 Å². The van der Waals surface area contributed by atoms with E-state index >= 15 is 0 Å². The molecule has 312 valence electrons. The highest BCUT2D eigenvalue weighted by molar-refractivity contribution is 7.90. The second-order valence-electron chi connectivity index (χ2n) is 13.7. The zero-order chi connectivity index (χ0) is 40.9. The van der Waals surface area contributed by atoms with Gasteiger partial charge < -0.3 is 19.6 Å². The van der Waals surface area contributed by atoms with Crippen LogP contribution < -0.4 is 14.5 Å². The molecule has 1 N–H and O–H groups in total. The molecule has 1 aliphatic rings. The molecule has 1 heterocycles. The molecule has 3 aromatic rings. The number of carboxylic acids is 1. The SMILES string of the molecule is CCN(C[C@H]1CC[C@H](CC(=O)O)CC1)c1ccc(C(F)(F)F)cc1CN(c1ncc(OCCS(C)(=O)=O)cn1)C(C)c1cc(C(F)(F)F)cc(C(F)(F)F)c1.Cl. The highest BCUT2D eigenvalue weighted by Gasteiger charge is 2.38. The summed E-state index contributed by atoms with van der Waals surface area (Å²) in [7, 11) is -3.40. The summed E-state index contributed by atoms with van der Waals surface area (Å²) in [6.45, 7) is 2.98. The van der Waals surface area contributed by atoms with Gasteiger partial charge in [-0.05, 0) is 98.9 Å². The number of anilines is 2. The lowest BCUT2D eigenvalue weighted by Crippen LogP contribution is -2.34. The molecule has 1 atom stereocenters. The van der Waals surface area contributed by atoms with Crippen molar-refractivity contribution in [3.63, 3.8) is 0 Å². The molecule has 0 radical (unpaired) electrons. The van der Waals surface area contributed by atoms with Crippen LogP contribution in [0.4, 0.5) is 51.1 Å². The summed E-state index contributed by atoms with van der Waals surface area (Å²) in [5.41, 5.74) is -4.33. The number of ether oxygens (including phenoxy) is 1. The molecule has 0 amide bonds. The van der Waals surface area contributed by atoms with Crippen molar-refractivity contribution in [1.82, 2.24) is 9.97 Å². The third-order valence-electron chi connectivity index (χ3n) is 9.53. The van der Waals surface area contributed by atoms with Gasteiger partial charge in [-0.2, -0.15) is 39.5 Å². The number of hydrogen-bond acceptors (Lipinski definition) is 8. The number of alkyl halides is 9. The predicted molar refractivity (Wildman–Crippen MR) is 193 cm³/mol. The first-order valence-corrected chi connectivity index (χ1v) is 19.4. The first kappa shape index (κ1) is 46.4. The molecule has 9 nitrogen and oxygen atoms in total. The van der Waals surface area contributed by atoms with Crippen molar-refractivity contribution in [3.05, 3.63) is 76.6 Å². The van der Waals surface area contributed by atoms with Crippen molar-refractivity contribution in [1.29, 1.82) is 0 Å². The Hall–Kier alpha value is -4.00. The van der Waals surface area contributed by atoms with Gasteiger partial charge >= 0.3 is 24.5 Å². The molecule has 1 aromatic heterocycles. The Kier molecular flexibility index (Phi) is 15.3. The van der Waals surface area contributed by atoms with Crippen LogP contribution in [0, 0.1) is 11.8 Å². The predicted octanol–water partition coefficient (Wildman–Crippen LogP) is 9.25. The zero-order valence-electron chi connectivity index (χ0n) is 30.5. The third-order valence-corrected chi connectivity index (χ3v) is 10.4. The standard InChI is InChI=1S/C36H41F9N4O5S.ClH/c1-4-48(20-24-7-5-23(6-8-24)13-32(50)51)31-10-9-27(34(37,38)39)16-26(31)21-49(33-46-18-30(19-47-33)54-11-12-55(3,52)53)22(2)25-14-28(35(40,41)42)17-29(15-25)36(43,44)45;/h9-10,14-19,22-24H,4-8,11-13,20-21H2,1-3H3,(H,50,51);1H/t22?,23-,24-;. The average Bonchev–Trinajstić information content (AvgIpc) is 3.08. The molecule has 0 aliphatic heterocycles. The van der Waals surface area contributed by atoms with Gasteiger partial charge in [0, 0.05) is 38.0 Å². The molecule has 4 rings (SSSR count). The Morgan fingerprint density at radius 2 is 1.41 bits per heavy atom. The van der Waals surface area contributed by atoms with Crippen molar-refractivity contribution >= 4 is 39.8 Å². The number of hydrogen-bond donors (Lipinski definition) is 1. The van der Waals surface area contributed by atoms with Crippen LogP contribution in [-0.2, 0) is 39.7 Å². The van der Waals surface area contributed by atoms with Crippen molar-refractivity contribution in [2.75, 3.05) is 41.5 Å². The maximum atomic E-state index is 14.1. The van der Waals surface area contributed by atoms with Crippen molar-refractivity contribution in [3.8, 4) is 5.75 Å². The first-order valence-electron chi connectivity index (χ1n) is 17.3. The van der Waals surface area contributed by atoms with Crippen LogP contribution in [0.1, 0.15) is 79.8 Å². The molecule has 0 saturated heterocycles. The van der Waals surface area contributed by atoms with Crippen LogP contribution in [0.15, 0.2) is 48.8 Å². The number of carboxylic acid groups (broad SMARTS) is 1. The summed E-state index contributed by atoms with van der Waals surface area (Å²) in [6.07, 6.45) is -9.27. The maximum absolute atomic E-state index is 14.1. The van der Waals surface area contributed by atoms with E-state index < -0.39 is 69.2 Å². The minimum absolute atomic E-state index is 0. The van der Waals surface area contributed by atoms with Gasteiger partial charge in [0.05, 0.1) is 40.9 Å². The van der Waals surface area contributed by atoms with Crippen LogP contribution in [0.5, 0.6) is 5.75 Å². The molecular formula is C36H42ClF9N4O5S. The van der Waals surface area contributed by atoms with Crippen LogP contribution in [0.3, 0.4) is 0 Å². The molecule has 1 fully saturated rings. The van der Waals surface area contributed by atoms with Gasteiger partial charge in [0.15, 0.2) is 15.6 Å². The van der Waals surface area contributed by atoms with E-state index in [2.05, 4.69) is 9.97 Å². The molecule has 20 heteroatoms. The van der Waals surface area contributed by atoms with Crippen LogP contribution in [0.2, 0.25) is 0 Å². The number of aromatic nitrogens is 2. The number of halogens is 10. The minimum Gasteiger partial charge on any atom is -0.489 e. The number of carbonyl (C=O) groups is 1. The van der Waals surface area contributed by atoms with E-state index in [1.165, 1.54) is 17.9 Å². The minimum atomic E-state index is -5.18. The highest BCUT2D eigenvalue weighted by Crippen LogP contribution is 2.41. The van der Waals surface area contributed by atoms with E-state index in [0.717, 1.165) is 30.8 Å². The normalized spacial score (nSPS) is 17.1. The smallest absolute Gasteiger partial charge is 0.416 e. The second-order valence-corrected chi connectivity index (χ2v) is 16.0. The Morgan fingerprint density at radius 3 is 1.89 bits per heavy atom. The summed E-state index contributed by atoms with van der Waals surface area (Å²) < 4.78 is 154. The molecular weight excluding hydrogens is 807 g/mol. The van der Waals surface area contributed by atoms with Gasteiger partial charge in [0.1, 0.15) is 6.61 Å². The third kappa shape index (κ3) is 13.0. The van der Waals surface area contributed by atoms with Crippen LogP contribution in [-0.4, -0.2) is 61.2 Å². The molecule has 1 aliphatic carbocycles. The van der Waals surface area contributed by atoms with E-state index in [1.807, 2.05) is 4.90 Å². The summed E-state index contributed by atoms with van der Waals surface area (Å²) in [5.74, 6) is -1.48. The van der Waals surface area contributed by atoms with Gasteiger partial charge in [0.2, 0.25) is 5.95 Å². The molecule has 1 unspecified atom stereocenters. The quantitative estimate of drug-likeness (QED) is 0.150. The number of rotatable bonds is 15. The largest absolute Gasteiger partial charge is 0.489 e. The van der Waals surface area contributed by atoms with Crippen molar-refractivity contribution < 1.29 is 62.6 Å². The van der Waals surface area contributed by atoms with Crippen LogP contribution in [0.25, 0.3) is 0 Å². The number of aliphatic carboxylic acids is 1. The Balaban J connectivity index is 0.00000841. The Morgan fingerprint density at radius 1 is 0.875 bits per heavy atom. The Bertz CT molecular complexity index is 1860. The molecule has 56 heavy (non-hydrogen) atoms. The van der Waals surface area contributed by atoms with Gasteiger partial charge in [0.25, 0.3) is 0 Å². The van der Waals surface area contributed by atoms with Crippen molar-refractivity contribution in [2.24, 2.45) is 11.8 Å². The lowest BCUT2D eigenvalue weighted by molar-refractivity contribution is -0.143. The Labute approximate surface area is 324 Å². The fourth-order valence-electron chi connectivity index (χ4n) is 6.58. The topological polar surface area (TPSA) is 113 Å². The van der Waals surface area contributed by atoms with Crippen LogP contribution >= 0.6 is 12.4 Å². The monoisotopic (exact) mass is 848 g/mol. The second kappa shape index (κ2) is 18.5. The fourth-order valence-corrected chi connectivity index (χ4v) is 6.97. The van der Waals surface area contributed by atoms with Gasteiger partial charge in [-0.3, -0.25) is 4.79 Å². The summed E-state index contributed by atoms with van der Waals surface area (Å²) >= 11 is 0. The van der Waals surface area contributed by atoms with E-state index in [-0.39, 0.29) is 66.4 Å². The highest BCUT2D eigenvalue weighted by atomic mass is 35.5. The summed E-state index contributed by atoms with van der Waals surface area (Å²) in [4.78, 5) is 22.6. The fraction of sp³-hybridized carbons (Fsp3) is 0.528. The van der Waals surface area contributed by atoms with E-state index in [0.29, 0.717) is 56.6 Å². The molecule has 1 saturated carbocycles. The lowest BCUT2D eigenvalue weighted by atomic mass is 9.80. The number of sulfone groups is 1. The first-order chi connectivity index (χ1) is 25.4. The maximum Gasteiger partial charge on any atom is 0.416 e. The van der Waals surface area contributed by atoms with Gasteiger partial charge in [-0.1, -0.05) is 0 Å². The number of nitrogens with zero attached hydrogens (tertiary/aromatic N) is 4. The van der Waals surface area contributed by atoms with Gasteiger partial charge in [-0.25, -0.2) is 18.4 Å². The lowest BCUT2D eigenvalue weighted by Gasteiger charge is -2.36. The number of benzene rings is 2. The molecule has 0 bridgehead atoms. The summed E-state index contributed by atoms with van der Waals surface area (Å²) in [6, 6.07) is 2.68. The summed E-state index contributed by atoms with van der Waals surface area (Å²) in [5, 5.41) is 9.19. The van der Waals surface area contributed by atoms with E-state index in [4.69, 9.17) is 4.74 Å². The zero-order valence-corrected chi connectivity index (χ0v) is 32.1. The average molecular weight is 849 g/mol.